The molecule has 2 atom stereocenters. The van der Waals surface area contributed by atoms with Crippen LogP contribution in [0.2, 0.25) is 0 Å². The molecule has 20 heavy (non-hydrogen) atoms. The van der Waals surface area contributed by atoms with Crippen LogP contribution < -0.4 is 5.32 Å². The largest absolute Gasteiger partial charge is 0.341 e. The van der Waals surface area contributed by atoms with E-state index in [1.807, 2.05) is 7.05 Å². The lowest BCUT2D eigenvalue weighted by Gasteiger charge is -2.37. The molecule has 1 aliphatic rings. The number of nitrogens with zero attached hydrogens (tertiary/aromatic N) is 1. The standard InChI is InChI=1S/C13H26N2O3S.ClH/c1-14-10-6-9-13(16)15(2)11-7-4-5-8-12(11)19(3,17)18;/h11-12,14H,4-10H2,1-3H3;1H. The minimum atomic E-state index is -3.08. The maximum atomic E-state index is 12.1. The number of halogens is 1. The van der Waals surface area contributed by atoms with E-state index >= 15 is 0 Å². The summed E-state index contributed by atoms with van der Waals surface area (Å²) in [4.78, 5) is 13.8. The van der Waals surface area contributed by atoms with Gasteiger partial charge in [0.15, 0.2) is 9.84 Å². The average molecular weight is 327 g/mol. The van der Waals surface area contributed by atoms with Crippen LogP contribution in [0.25, 0.3) is 0 Å². The van der Waals surface area contributed by atoms with Crippen molar-refractivity contribution in [3.05, 3.63) is 0 Å². The van der Waals surface area contributed by atoms with E-state index in [2.05, 4.69) is 5.32 Å². The van der Waals surface area contributed by atoms with Gasteiger partial charge in [-0.15, -0.1) is 12.4 Å². The quantitative estimate of drug-likeness (QED) is 0.745. The molecule has 1 N–H and O–H groups in total. The van der Waals surface area contributed by atoms with Gasteiger partial charge in [-0.3, -0.25) is 4.79 Å². The Hall–Kier alpha value is -0.330. The molecule has 0 saturated heterocycles. The summed E-state index contributed by atoms with van der Waals surface area (Å²) >= 11 is 0. The third-order valence-electron chi connectivity index (χ3n) is 3.93. The van der Waals surface area contributed by atoms with Gasteiger partial charge in [0.05, 0.1) is 5.25 Å². The predicted molar refractivity (Wildman–Crippen MR) is 84.1 cm³/mol. The van der Waals surface area contributed by atoms with Crippen LogP contribution in [-0.4, -0.2) is 57.4 Å². The van der Waals surface area contributed by atoms with Gasteiger partial charge in [-0.05, 0) is 32.9 Å². The van der Waals surface area contributed by atoms with E-state index in [-0.39, 0.29) is 29.6 Å². The molecule has 1 saturated carbocycles. The van der Waals surface area contributed by atoms with Crippen molar-refractivity contribution in [1.29, 1.82) is 0 Å². The van der Waals surface area contributed by atoms with Gasteiger partial charge in [0.25, 0.3) is 0 Å². The molecule has 1 amide bonds. The first-order chi connectivity index (χ1) is 8.88. The molecule has 0 aromatic rings. The van der Waals surface area contributed by atoms with E-state index in [0.29, 0.717) is 12.8 Å². The van der Waals surface area contributed by atoms with Crippen LogP contribution in [0.4, 0.5) is 0 Å². The molecule has 120 valence electrons. The van der Waals surface area contributed by atoms with Crippen LogP contribution in [0.15, 0.2) is 0 Å². The first-order valence-corrected chi connectivity index (χ1v) is 8.92. The normalized spacial score (nSPS) is 22.9. The van der Waals surface area contributed by atoms with E-state index in [1.54, 1.807) is 11.9 Å². The molecular weight excluding hydrogens is 300 g/mol. The number of carbonyl (C=O) groups is 1. The summed E-state index contributed by atoms with van der Waals surface area (Å²) in [6.07, 6.45) is 5.97. The maximum absolute atomic E-state index is 12.1. The molecule has 0 aliphatic heterocycles. The number of nitrogens with one attached hydrogen (secondary N) is 1. The second-order valence-electron chi connectivity index (χ2n) is 5.43. The van der Waals surface area contributed by atoms with Crippen LogP contribution >= 0.6 is 12.4 Å². The fraction of sp³-hybridized carbons (Fsp3) is 0.923. The van der Waals surface area contributed by atoms with Crippen LogP contribution in [0.5, 0.6) is 0 Å². The minimum absolute atomic E-state index is 0. The second-order valence-corrected chi connectivity index (χ2v) is 7.70. The first-order valence-electron chi connectivity index (χ1n) is 6.97. The van der Waals surface area contributed by atoms with Gasteiger partial charge in [0.2, 0.25) is 5.91 Å². The van der Waals surface area contributed by atoms with Crippen molar-refractivity contribution in [3.63, 3.8) is 0 Å². The van der Waals surface area contributed by atoms with Crippen LogP contribution in [0.3, 0.4) is 0 Å². The number of hydrogen-bond acceptors (Lipinski definition) is 4. The molecule has 1 rings (SSSR count). The van der Waals surface area contributed by atoms with Crippen molar-refractivity contribution in [2.45, 2.75) is 49.8 Å². The van der Waals surface area contributed by atoms with Crippen molar-refractivity contribution in [2.75, 3.05) is 26.9 Å². The summed E-state index contributed by atoms with van der Waals surface area (Å²) in [5.41, 5.74) is 0. The Labute approximate surface area is 128 Å². The predicted octanol–water partition coefficient (Wildman–Crippen LogP) is 1.22. The summed E-state index contributed by atoms with van der Waals surface area (Å²) in [6.45, 7) is 0.805. The zero-order valence-electron chi connectivity index (χ0n) is 12.6. The molecule has 1 fully saturated rings. The molecule has 0 radical (unpaired) electrons. The Bertz CT molecular complexity index is 400. The molecule has 1 aliphatic carbocycles. The van der Waals surface area contributed by atoms with Crippen LogP contribution in [0, 0.1) is 0 Å². The van der Waals surface area contributed by atoms with E-state index in [9.17, 15) is 13.2 Å². The number of amides is 1. The van der Waals surface area contributed by atoms with E-state index in [4.69, 9.17) is 0 Å². The van der Waals surface area contributed by atoms with Crippen molar-refractivity contribution < 1.29 is 13.2 Å². The van der Waals surface area contributed by atoms with Crippen molar-refractivity contribution >= 4 is 28.2 Å². The van der Waals surface area contributed by atoms with Crippen molar-refractivity contribution in [1.82, 2.24) is 10.2 Å². The minimum Gasteiger partial charge on any atom is -0.341 e. The number of hydrogen-bond donors (Lipinski definition) is 1. The Kier molecular flexibility index (Phi) is 8.70. The zero-order chi connectivity index (χ0) is 14.5. The second kappa shape index (κ2) is 8.85. The van der Waals surface area contributed by atoms with Gasteiger partial charge in [-0.1, -0.05) is 12.8 Å². The highest BCUT2D eigenvalue weighted by atomic mass is 35.5. The Balaban J connectivity index is 0.00000361. The summed E-state index contributed by atoms with van der Waals surface area (Å²) in [7, 11) is 0.517. The van der Waals surface area contributed by atoms with Gasteiger partial charge >= 0.3 is 0 Å². The monoisotopic (exact) mass is 326 g/mol. The van der Waals surface area contributed by atoms with Crippen molar-refractivity contribution in [3.8, 4) is 0 Å². The highest BCUT2D eigenvalue weighted by molar-refractivity contribution is 7.91. The Morgan fingerprint density at radius 3 is 2.45 bits per heavy atom. The lowest BCUT2D eigenvalue weighted by Crippen LogP contribution is -2.49. The van der Waals surface area contributed by atoms with E-state index < -0.39 is 9.84 Å². The molecule has 2 unspecified atom stereocenters. The highest BCUT2D eigenvalue weighted by Gasteiger charge is 2.36. The number of sulfone groups is 1. The summed E-state index contributed by atoms with van der Waals surface area (Å²) < 4.78 is 23.7. The molecule has 7 heteroatoms. The molecular formula is C13H27ClN2O3S. The van der Waals surface area contributed by atoms with E-state index in [1.165, 1.54) is 6.26 Å². The smallest absolute Gasteiger partial charge is 0.222 e. The Morgan fingerprint density at radius 2 is 1.90 bits per heavy atom. The average Bonchev–Trinajstić information content (AvgIpc) is 2.37. The zero-order valence-corrected chi connectivity index (χ0v) is 14.2. The summed E-state index contributed by atoms with van der Waals surface area (Å²) in [5, 5.41) is 2.62. The van der Waals surface area contributed by atoms with Gasteiger partial charge < -0.3 is 10.2 Å². The summed E-state index contributed by atoms with van der Waals surface area (Å²) in [5.74, 6) is 0.0517. The first kappa shape index (κ1) is 19.7. The molecule has 0 bridgehead atoms. The molecule has 0 spiro atoms. The number of carbonyl (C=O) groups excluding carboxylic acids is 1. The SMILES string of the molecule is CNCCCC(=O)N(C)C1CCCCC1S(C)(=O)=O.Cl. The molecule has 5 nitrogen and oxygen atoms in total. The number of rotatable bonds is 6. The van der Waals surface area contributed by atoms with Gasteiger partial charge in [-0.2, -0.15) is 0 Å². The third kappa shape index (κ3) is 5.58. The van der Waals surface area contributed by atoms with Crippen LogP contribution in [0.1, 0.15) is 38.5 Å². The van der Waals surface area contributed by atoms with Gasteiger partial charge in [0.1, 0.15) is 0 Å². The van der Waals surface area contributed by atoms with Gasteiger partial charge in [0, 0.05) is 25.8 Å². The Morgan fingerprint density at radius 1 is 1.30 bits per heavy atom. The van der Waals surface area contributed by atoms with Crippen molar-refractivity contribution in [2.24, 2.45) is 0 Å². The topological polar surface area (TPSA) is 66.5 Å². The molecule has 0 heterocycles. The third-order valence-corrected chi connectivity index (χ3v) is 5.58. The van der Waals surface area contributed by atoms with Crippen LogP contribution in [-0.2, 0) is 14.6 Å². The lowest BCUT2D eigenvalue weighted by atomic mass is 9.93. The highest BCUT2D eigenvalue weighted by Crippen LogP contribution is 2.27. The molecule has 0 aromatic carbocycles. The maximum Gasteiger partial charge on any atom is 0.222 e. The van der Waals surface area contributed by atoms with E-state index in [0.717, 1.165) is 32.2 Å². The molecule has 0 aromatic heterocycles. The summed E-state index contributed by atoms with van der Waals surface area (Å²) in [6, 6.07) is -0.147. The van der Waals surface area contributed by atoms with Gasteiger partial charge in [-0.25, -0.2) is 8.42 Å². The lowest BCUT2D eigenvalue weighted by molar-refractivity contribution is -0.132. The fourth-order valence-corrected chi connectivity index (χ4v) is 4.28. The fourth-order valence-electron chi connectivity index (χ4n) is 2.80.